The third-order valence-electron chi connectivity index (χ3n) is 5.73. The van der Waals surface area contributed by atoms with Crippen molar-refractivity contribution in [3.05, 3.63) is 29.3 Å². The van der Waals surface area contributed by atoms with E-state index in [4.69, 9.17) is 0 Å². The van der Waals surface area contributed by atoms with Crippen LogP contribution in [0.1, 0.15) is 46.9 Å². The summed E-state index contributed by atoms with van der Waals surface area (Å²) in [4.78, 5) is 66.3. The van der Waals surface area contributed by atoms with E-state index < -0.39 is 29.7 Å². The number of amides is 5. The number of piperidine rings is 1. The van der Waals surface area contributed by atoms with Gasteiger partial charge >= 0.3 is 0 Å². The molecular formula is C20H22N4O5. The molecular weight excluding hydrogens is 376 g/mol. The van der Waals surface area contributed by atoms with Crippen molar-refractivity contribution < 1.29 is 24.0 Å². The maximum atomic E-state index is 13.2. The molecule has 0 spiro atoms. The molecule has 2 fully saturated rings. The van der Waals surface area contributed by atoms with E-state index in [0.29, 0.717) is 37.4 Å². The van der Waals surface area contributed by atoms with Gasteiger partial charge in [0, 0.05) is 39.5 Å². The molecule has 0 aromatic heterocycles. The van der Waals surface area contributed by atoms with E-state index in [2.05, 4.69) is 5.32 Å². The van der Waals surface area contributed by atoms with Gasteiger partial charge < -0.3 is 9.80 Å². The smallest absolute Gasteiger partial charge is 0.264 e. The minimum atomic E-state index is -0.981. The molecule has 1 aromatic rings. The highest BCUT2D eigenvalue weighted by atomic mass is 16.2. The molecule has 3 heterocycles. The Labute approximate surface area is 167 Å². The number of hydrogen-bond acceptors (Lipinski definition) is 6. The number of rotatable bonds is 2. The molecule has 0 aliphatic carbocycles. The number of nitrogens with one attached hydrogen (secondary N) is 1. The van der Waals surface area contributed by atoms with Crippen LogP contribution in [-0.2, 0) is 14.4 Å². The Hall–Kier alpha value is -3.23. The van der Waals surface area contributed by atoms with Gasteiger partial charge in [-0.1, -0.05) is 6.07 Å². The number of anilines is 1. The zero-order valence-corrected chi connectivity index (χ0v) is 16.1. The van der Waals surface area contributed by atoms with Crippen LogP contribution in [0.2, 0.25) is 0 Å². The van der Waals surface area contributed by atoms with Crippen molar-refractivity contribution in [3.63, 3.8) is 0 Å². The molecule has 9 nitrogen and oxygen atoms in total. The molecule has 3 aliphatic rings. The van der Waals surface area contributed by atoms with E-state index in [9.17, 15) is 24.0 Å². The Balaban J connectivity index is 1.64. The molecule has 0 radical (unpaired) electrons. The van der Waals surface area contributed by atoms with E-state index in [0.717, 1.165) is 11.3 Å². The maximum absolute atomic E-state index is 13.2. The molecule has 1 atom stereocenters. The highest BCUT2D eigenvalue weighted by Gasteiger charge is 2.46. The van der Waals surface area contributed by atoms with Crippen LogP contribution in [0.15, 0.2) is 18.2 Å². The van der Waals surface area contributed by atoms with Crippen LogP contribution >= 0.6 is 0 Å². The van der Waals surface area contributed by atoms with Gasteiger partial charge in [-0.05, 0) is 25.0 Å². The Bertz CT molecular complexity index is 927. The maximum Gasteiger partial charge on any atom is 0.264 e. The minimum Gasteiger partial charge on any atom is -0.369 e. The van der Waals surface area contributed by atoms with Crippen molar-refractivity contribution >= 4 is 35.2 Å². The Morgan fingerprint density at radius 1 is 1.03 bits per heavy atom. The van der Waals surface area contributed by atoms with Crippen LogP contribution in [0.4, 0.5) is 5.69 Å². The first kappa shape index (κ1) is 19.1. The van der Waals surface area contributed by atoms with Gasteiger partial charge in [-0.25, -0.2) is 0 Å². The first-order chi connectivity index (χ1) is 13.9. The molecule has 0 saturated carbocycles. The lowest BCUT2D eigenvalue weighted by atomic mass is 10.0. The zero-order valence-electron chi connectivity index (χ0n) is 16.1. The number of carbonyl (C=O) groups is 5. The minimum absolute atomic E-state index is 0.0143. The predicted octanol–water partition coefficient (Wildman–Crippen LogP) is 0.146. The summed E-state index contributed by atoms with van der Waals surface area (Å²) in [5.74, 6) is -2.03. The fraction of sp³-hybridized carbons (Fsp3) is 0.450. The van der Waals surface area contributed by atoms with Crippen molar-refractivity contribution in [2.24, 2.45) is 0 Å². The highest BCUT2D eigenvalue weighted by molar-refractivity contribution is 6.25. The first-order valence-corrected chi connectivity index (χ1v) is 9.73. The summed E-state index contributed by atoms with van der Waals surface area (Å²) in [5, 5.41) is 2.20. The fourth-order valence-corrected chi connectivity index (χ4v) is 4.23. The van der Waals surface area contributed by atoms with Gasteiger partial charge in [0.25, 0.3) is 11.8 Å². The van der Waals surface area contributed by atoms with E-state index in [1.807, 2.05) is 4.90 Å². The third-order valence-corrected chi connectivity index (χ3v) is 5.73. The molecule has 2 saturated heterocycles. The van der Waals surface area contributed by atoms with Crippen LogP contribution in [0.3, 0.4) is 0 Å². The normalized spacial score (nSPS) is 22.5. The molecule has 5 amide bonds. The van der Waals surface area contributed by atoms with Crippen molar-refractivity contribution in [2.45, 2.75) is 32.2 Å². The molecule has 9 heteroatoms. The summed E-state index contributed by atoms with van der Waals surface area (Å²) in [7, 11) is 0. The van der Waals surface area contributed by atoms with Crippen molar-refractivity contribution in [1.82, 2.24) is 15.1 Å². The van der Waals surface area contributed by atoms with Crippen LogP contribution in [0, 0.1) is 0 Å². The molecule has 1 aromatic carbocycles. The molecule has 1 N–H and O–H groups in total. The Morgan fingerprint density at radius 2 is 1.83 bits per heavy atom. The standard InChI is InChI=1S/C20H22N4O5/c1-12(25)22-8-3-9-23(11-10-22)14-5-2-4-13-17(14)20(29)24(19(13)28)15-6-7-16(26)21-18(15)27/h2,4-5,15H,3,6-11H2,1H3,(H,21,26,27). The first-order valence-electron chi connectivity index (χ1n) is 9.73. The SMILES string of the molecule is CC(=O)N1CCCN(c2cccc3c2C(=O)N(C2CCC(=O)NC2=O)C3=O)CC1. The Morgan fingerprint density at radius 3 is 2.55 bits per heavy atom. The summed E-state index contributed by atoms with van der Waals surface area (Å²) in [6, 6.07) is 4.12. The average molecular weight is 398 g/mol. The largest absolute Gasteiger partial charge is 0.369 e. The summed E-state index contributed by atoms with van der Waals surface area (Å²) < 4.78 is 0. The summed E-state index contributed by atoms with van der Waals surface area (Å²) in [5.41, 5.74) is 1.20. The number of hydrogen-bond donors (Lipinski definition) is 1. The zero-order chi connectivity index (χ0) is 20.7. The predicted molar refractivity (Wildman–Crippen MR) is 102 cm³/mol. The molecule has 1 unspecified atom stereocenters. The van der Waals surface area contributed by atoms with Gasteiger partial charge in [-0.15, -0.1) is 0 Å². The van der Waals surface area contributed by atoms with E-state index in [1.165, 1.54) is 6.92 Å². The second kappa shape index (κ2) is 7.31. The number of fused-ring (bicyclic) bond motifs is 1. The molecule has 152 valence electrons. The molecule has 29 heavy (non-hydrogen) atoms. The molecule has 4 rings (SSSR count). The van der Waals surface area contributed by atoms with Gasteiger partial charge in [-0.2, -0.15) is 0 Å². The monoisotopic (exact) mass is 398 g/mol. The van der Waals surface area contributed by atoms with Crippen LogP contribution in [-0.4, -0.2) is 71.6 Å². The van der Waals surface area contributed by atoms with Crippen molar-refractivity contribution in [1.29, 1.82) is 0 Å². The number of carbonyl (C=O) groups excluding carboxylic acids is 5. The van der Waals surface area contributed by atoms with Gasteiger partial charge in [-0.3, -0.25) is 34.2 Å². The van der Waals surface area contributed by atoms with Gasteiger partial charge in [0.2, 0.25) is 17.7 Å². The van der Waals surface area contributed by atoms with Gasteiger partial charge in [0.15, 0.2) is 0 Å². The van der Waals surface area contributed by atoms with Gasteiger partial charge in [0.05, 0.1) is 16.8 Å². The lowest BCUT2D eigenvalue weighted by Crippen LogP contribution is -2.54. The number of benzene rings is 1. The van der Waals surface area contributed by atoms with Crippen molar-refractivity contribution in [2.75, 3.05) is 31.1 Å². The summed E-state index contributed by atoms with van der Waals surface area (Å²) in [6.07, 6.45) is 0.967. The topological polar surface area (TPSA) is 107 Å². The van der Waals surface area contributed by atoms with Crippen LogP contribution < -0.4 is 10.2 Å². The summed E-state index contributed by atoms with van der Waals surface area (Å²) >= 11 is 0. The Kier molecular flexibility index (Phi) is 4.81. The third kappa shape index (κ3) is 3.26. The van der Waals surface area contributed by atoms with E-state index >= 15 is 0 Å². The van der Waals surface area contributed by atoms with Crippen molar-refractivity contribution in [3.8, 4) is 0 Å². The number of nitrogens with zero attached hydrogens (tertiary/aromatic N) is 3. The van der Waals surface area contributed by atoms with E-state index in [1.54, 1.807) is 23.1 Å². The quantitative estimate of drug-likeness (QED) is 0.711. The molecule has 0 bridgehead atoms. The summed E-state index contributed by atoms with van der Waals surface area (Å²) in [6.45, 7) is 3.93. The fourth-order valence-electron chi connectivity index (χ4n) is 4.23. The molecule has 3 aliphatic heterocycles. The second-order valence-electron chi connectivity index (χ2n) is 7.49. The second-order valence-corrected chi connectivity index (χ2v) is 7.49. The highest BCUT2D eigenvalue weighted by Crippen LogP contribution is 2.34. The van der Waals surface area contributed by atoms with Gasteiger partial charge in [0.1, 0.15) is 6.04 Å². The van der Waals surface area contributed by atoms with Crippen LogP contribution in [0.25, 0.3) is 0 Å². The number of imide groups is 2. The lowest BCUT2D eigenvalue weighted by molar-refractivity contribution is -0.136. The average Bonchev–Trinajstić information content (AvgIpc) is 2.86. The van der Waals surface area contributed by atoms with E-state index in [-0.39, 0.29) is 24.3 Å². The lowest BCUT2D eigenvalue weighted by Gasteiger charge is -2.28. The van der Waals surface area contributed by atoms with Crippen LogP contribution in [0.5, 0.6) is 0 Å².